The molecule has 1 aliphatic rings. The number of aromatic nitrogens is 2. The van der Waals surface area contributed by atoms with Crippen molar-refractivity contribution in [3.63, 3.8) is 0 Å². The van der Waals surface area contributed by atoms with E-state index in [9.17, 15) is 4.79 Å². The van der Waals surface area contributed by atoms with E-state index in [0.29, 0.717) is 28.4 Å². The summed E-state index contributed by atoms with van der Waals surface area (Å²) in [6.45, 7) is 3.90. The number of ether oxygens (including phenoxy) is 2. The molecule has 168 valence electrons. The normalized spacial score (nSPS) is 18.2. The maximum absolute atomic E-state index is 12.0. The minimum absolute atomic E-state index is 0.00215. The molecule has 0 aliphatic heterocycles. The monoisotopic (exact) mass is 454 g/mol. The molecule has 1 aliphatic carbocycles. The fourth-order valence-electron chi connectivity index (χ4n) is 4.28. The molecule has 7 heteroatoms. The molecular formula is C25H27ClN2O4. The zero-order chi connectivity index (χ0) is 22.7. The van der Waals surface area contributed by atoms with Crippen LogP contribution < -0.4 is 4.74 Å². The van der Waals surface area contributed by atoms with Crippen LogP contribution in [0.3, 0.4) is 0 Å². The molecule has 32 heavy (non-hydrogen) atoms. The van der Waals surface area contributed by atoms with Crippen LogP contribution in [0, 0.1) is 11.8 Å². The highest BCUT2D eigenvalue weighted by molar-refractivity contribution is 6.32. The van der Waals surface area contributed by atoms with Gasteiger partial charge < -0.3 is 14.0 Å². The first kappa shape index (κ1) is 22.3. The smallest absolute Gasteiger partial charge is 0.308 e. The van der Waals surface area contributed by atoms with Crippen LogP contribution in [0.2, 0.25) is 5.02 Å². The second-order valence-electron chi connectivity index (χ2n) is 8.46. The lowest BCUT2D eigenvalue weighted by Crippen LogP contribution is -2.21. The van der Waals surface area contributed by atoms with Gasteiger partial charge in [-0.1, -0.05) is 35.3 Å². The molecule has 1 fully saturated rings. The van der Waals surface area contributed by atoms with E-state index in [1.807, 2.05) is 38.1 Å². The van der Waals surface area contributed by atoms with Crippen LogP contribution in [0.4, 0.5) is 0 Å². The van der Waals surface area contributed by atoms with Gasteiger partial charge in [-0.3, -0.25) is 4.79 Å². The Labute approximate surface area is 192 Å². The van der Waals surface area contributed by atoms with Gasteiger partial charge in [-0.15, -0.1) is 0 Å². The predicted molar refractivity (Wildman–Crippen MR) is 122 cm³/mol. The minimum atomic E-state index is -0.0913. The van der Waals surface area contributed by atoms with Gasteiger partial charge in [0, 0.05) is 11.1 Å². The molecule has 1 aromatic heterocycles. The number of methoxy groups -OCH3 is 1. The molecular weight excluding hydrogens is 428 g/mol. The Hall–Kier alpha value is -2.86. The summed E-state index contributed by atoms with van der Waals surface area (Å²) in [5.74, 6) is 1.78. The van der Waals surface area contributed by atoms with Crippen molar-refractivity contribution in [3.05, 3.63) is 53.1 Å². The molecule has 6 nitrogen and oxygen atoms in total. The van der Waals surface area contributed by atoms with Gasteiger partial charge >= 0.3 is 5.97 Å². The van der Waals surface area contributed by atoms with Crippen molar-refractivity contribution in [2.75, 3.05) is 7.11 Å². The highest BCUT2D eigenvalue weighted by Gasteiger charge is 2.33. The third kappa shape index (κ3) is 4.96. The summed E-state index contributed by atoms with van der Waals surface area (Å²) in [4.78, 5) is 16.5. The van der Waals surface area contributed by atoms with E-state index in [0.717, 1.165) is 36.8 Å². The summed E-state index contributed by atoms with van der Waals surface area (Å²) in [7, 11) is 1.47. The first-order valence-electron chi connectivity index (χ1n) is 10.9. The number of rotatable bonds is 7. The summed E-state index contributed by atoms with van der Waals surface area (Å²) in [5, 5.41) is 4.61. The van der Waals surface area contributed by atoms with Crippen LogP contribution in [0.15, 0.2) is 47.0 Å². The van der Waals surface area contributed by atoms with Crippen molar-refractivity contribution in [1.82, 2.24) is 10.1 Å². The molecule has 4 rings (SSSR count). The average Bonchev–Trinajstić information content (AvgIpc) is 3.45. The fourth-order valence-corrected chi connectivity index (χ4v) is 4.50. The van der Waals surface area contributed by atoms with Gasteiger partial charge in [0.1, 0.15) is 5.75 Å². The number of esters is 1. The second-order valence-corrected chi connectivity index (χ2v) is 8.86. The topological polar surface area (TPSA) is 74.5 Å². The zero-order valence-corrected chi connectivity index (χ0v) is 19.3. The first-order chi connectivity index (χ1) is 15.4. The van der Waals surface area contributed by atoms with Gasteiger partial charge in [0.25, 0.3) is 5.89 Å². The molecule has 3 aromatic rings. The third-order valence-electron chi connectivity index (χ3n) is 5.84. The number of benzene rings is 2. The largest absolute Gasteiger partial charge is 0.489 e. The summed E-state index contributed by atoms with van der Waals surface area (Å²) in [6, 6.07) is 13.5. The van der Waals surface area contributed by atoms with Crippen LogP contribution >= 0.6 is 11.6 Å². The Balaban J connectivity index is 1.46. The minimum Gasteiger partial charge on any atom is -0.489 e. The van der Waals surface area contributed by atoms with Gasteiger partial charge in [0.15, 0.2) is 0 Å². The molecule has 2 atom stereocenters. The molecule has 0 spiro atoms. The van der Waals surface area contributed by atoms with Gasteiger partial charge in [-0.05, 0) is 74.9 Å². The Morgan fingerprint density at radius 1 is 1.16 bits per heavy atom. The van der Waals surface area contributed by atoms with Crippen LogP contribution in [-0.2, 0) is 16.0 Å². The van der Waals surface area contributed by atoms with Crippen molar-refractivity contribution in [1.29, 1.82) is 0 Å². The lowest BCUT2D eigenvalue weighted by Gasteiger charge is -2.17. The number of nitrogens with zero attached hydrogens (tertiary/aromatic N) is 2. The van der Waals surface area contributed by atoms with Gasteiger partial charge in [-0.25, -0.2) is 0 Å². The zero-order valence-electron chi connectivity index (χ0n) is 18.5. The highest BCUT2D eigenvalue weighted by Crippen LogP contribution is 2.35. The summed E-state index contributed by atoms with van der Waals surface area (Å²) in [5.41, 5.74) is 2.78. The van der Waals surface area contributed by atoms with E-state index in [2.05, 4.69) is 22.3 Å². The van der Waals surface area contributed by atoms with E-state index in [-0.39, 0.29) is 18.0 Å². The third-order valence-corrected chi connectivity index (χ3v) is 6.14. The molecule has 1 heterocycles. The first-order valence-corrected chi connectivity index (χ1v) is 11.3. The van der Waals surface area contributed by atoms with E-state index < -0.39 is 0 Å². The number of carbonyl (C=O) groups is 1. The van der Waals surface area contributed by atoms with Gasteiger partial charge in [0.05, 0.1) is 24.2 Å². The van der Waals surface area contributed by atoms with Crippen LogP contribution in [0.5, 0.6) is 5.75 Å². The van der Waals surface area contributed by atoms with Crippen molar-refractivity contribution < 1.29 is 18.8 Å². The molecule has 0 bridgehead atoms. The molecule has 2 aromatic carbocycles. The van der Waals surface area contributed by atoms with Crippen molar-refractivity contribution in [2.45, 2.75) is 45.6 Å². The van der Waals surface area contributed by atoms with Gasteiger partial charge in [-0.2, -0.15) is 4.98 Å². The summed E-state index contributed by atoms with van der Waals surface area (Å²) in [6.07, 6.45) is 3.94. The van der Waals surface area contributed by atoms with E-state index in [1.165, 1.54) is 12.7 Å². The van der Waals surface area contributed by atoms with Crippen LogP contribution in [0.1, 0.15) is 38.7 Å². The van der Waals surface area contributed by atoms with Crippen LogP contribution in [-0.4, -0.2) is 29.3 Å². The molecule has 0 N–H and O–H groups in total. The maximum atomic E-state index is 12.0. The maximum Gasteiger partial charge on any atom is 0.308 e. The number of hydrogen-bond acceptors (Lipinski definition) is 6. The standard InChI is InChI=1S/C25H27ClN2O4/c1-15(2)31-22-12-11-19(14-21(22)26)23-27-24(32-28-23)17-9-7-16(8-10-17)13-18-5-4-6-20(18)25(29)30-3/h7-12,14-15,18,20H,4-6,13H2,1-3H3/t18-,20-/m1/s1. The van der Waals surface area contributed by atoms with E-state index in [1.54, 1.807) is 6.07 Å². The van der Waals surface area contributed by atoms with Crippen molar-refractivity contribution >= 4 is 17.6 Å². The molecule has 0 radical (unpaired) electrons. The number of carbonyl (C=O) groups excluding carboxylic acids is 1. The fraction of sp³-hybridized carbons (Fsp3) is 0.400. The Bertz CT molecular complexity index is 1080. The highest BCUT2D eigenvalue weighted by atomic mass is 35.5. The SMILES string of the molecule is COC(=O)[C@@H]1CCC[C@@H]1Cc1ccc(-c2nc(-c3ccc(OC(C)C)c(Cl)c3)no2)cc1. The Morgan fingerprint density at radius 3 is 2.59 bits per heavy atom. The summed E-state index contributed by atoms with van der Waals surface area (Å²) >= 11 is 6.33. The lowest BCUT2D eigenvalue weighted by atomic mass is 9.89. The average molecular weight is 455 g/mol. The van der Waals surface area contributed by atoms with E-state index in [4.69, 9.17) is 25.6 Å². The Morgan fingerprint density at radius 2 is 1.91 bits per heavy atom. The Kier molecular flexibility index (Phi) is 6.80. The van der Waals surface area contributed by atoms with Crippen LogP contribution in [0.25, 0.3) is 22.8 Å². The van der Waals surface area contributed by atoms with E-state index >= 15 is 0 Å². The predicted octanol–water partition coefficient (Wildman–Crippen LogP) is 5.98. The summed E-state index contributed by atoms with van der Waals surface area (Å²) < 4.78 is 16.1. The van der Waals surface area contributed by atoms with Gasteiger partial charge in [0.2, 0.25) is 5.82 Å². The van der Waals surface area contributed by atoms with Crippen molar-refractivity contribution in [2.24, 2.45) is 11.8 Å². The molecule has 1 saturated carbocycles. The molecule has 0 amide bonds. The molecule has 0 saturated heterocycles. The van der Waals surface area contributed by atoms with Crippen molar-refractivity contribution in [3.8, 4) is 28.6 Å². The number of hydrogen-bond donors (Lipinski definition) is 0. The quantitative estimate of drug-likeness (QED) is 0.409. The lowest BCUT2D eigenvalue weighted by molar-refractivity contribution is -0.146. The second kappa shape index (κ2) is 9.74. The molecule has 0 unspecified atom stereocenters. The number of halogens is 1.